The Morgan fingerprint density at radius 3 is 2.57 bits per heavy atom. The molecule has 0 radical (unpaired) electrons. The Hall–Kier alpha value is -2.82. The molecule has 0 aromatic heterocycles. The molecule has 1 aromatic rings. The number of halogens is 3. The molecular weight excluding hydrogens is 411 g/mol. The van der Waals surface area contributed by atoms with Gasteiger partial charge >= 0.3 is 18.6 Å². The summed E-state index contributed by atoms with van der Waals surface area (Å²) in [5.41, 5.74) is -0.814. The summed E-state index contributed by atoms with van der Waals surface area (Å²) in [7, 11) is 0. The van der Waals surface area contributed by atoms with E-state index in [1.54, 1.807) is 20.8 Å². The smallest absolute Gasteiger partial charge is 0.387 e. The van der Waals surface area contributed by atoms with E-state index < -0.39 is 53.6 Å². The van der Waals surface area contributed by atoms with Crippen LogP contribution in [0.1, 0.15) is 27.2 Å². The van der Waals surface area contributed by atoms with Crippen molar-refractivity contribution >= 4 is 23.5 Å². The Labute approximate surface area is 170 Å². The fourth-order valence-corrected chi connectivity index (χ4v) is 2.82. The fourth-order valence-electron chi connectivity index (χ4n) is 2.82. The molecule has 1 heterocycles. The van der Waals surface area contributed by atoms with Gasteiger partial charge in [-0.05, 0) is 17.5 Å². The molecule has 11 heteroatoms. The van der Waals surface area contributed by atoms with Crippen LogP contribution in [-0.4, -0.2) is 54.9 Å². The van der Waals surface area contributed by atoms with Crippen molar-refractivity contribution in [2.45, 2.75) is 46.0 Å². The number of alkyl halides is 2. The predicted molar refractivity (Wildman–Crippen MR) is 96.7 cm³/mol. The molecule has 1 saturated heterocycles. The van der Waals surface area contributed by atoms with Crippen molar-refractivity contribution in [3.63, 3.8) is 0 Å². The number of hydrogen-bond acceptors (Lipinski definition) is 6. The van der Waals surface area contributed by atoms with Crippen LogP contribution in [0, 0.1) is 11.2 Å². The van der Waals surface area contributed by atoms with Crippen LogP contribution in [0.3, 0.4) is 0 Å². The molecule has 0 aliphatic carbocycles. The van der Waals surface area contributed by atoms with Crippen LogP contribution >= 0.6 is 0 Å². The first-order valence-electron chi connectivity index (χ1n) is 8.98. The lowest BCUT2D eigenvalue weighted by Gasteiger charge is -2.35. The Bertz CT molecular complexity index is 810. The molecule has 0 unspecified atom stereocenters. The van der Waals surface area contributed by atoms with Crippen LogP contribution in [0.25, 0.3) is 0 Å². The van der Waals surface area contributed by atoms with Gasteiger partial charge in [-0.1, -0.05) is 20.8 Å². The van der Waals surface area contributed by atoms with Crippen molar-refractivity contribution in [3.05, 3.63) is 24.0 Å². The largest absolute Gasteiger partial charge is 0.478 e. The van der Waals surface area contributed by atoms with E-state index in [0.29, 0.717) is 0 Å². The highest BCUT2D eigenvalue weighted by atomic mass is 19.3. The number of benzene rings is 1. The van der Waals surface area contributed by atoms with Gasteiger partial charge in [-0.25, -0.2) is 9.18 Å². The van der Waals surface area contributed by atoms with E-state index in [2.05, 4.69) is 4.74 Å². The maximum absolute atomic E-state index is 13.7. The predicted octanol–water partition coefficient (Wildman–Crippen LogP) is 2.59. The van der Waals surface area contributed by atoms with Gasteiger partial charge in [0.25, 0.3) is 5.91 Å². The van der Waals surface area contributed by atoms with Gasteiger partial charge in [0.15, 0.2) is 6.10 Å². The third-order valence-electron chi connectivity index (χ3n) is 4.00. The molecule has 0 spiro atoms. The fraction of sp³-hybridized carbons (Fsp3) is 0.526. The number of carboxylic acids is 1. The number of carbonyl (C=O) groups excluding carboxylic acids is 2. The summed E-state index contributed by atoms with van der Waals surface area (Å²) < 4.78 is 53.6. The number of amides is 1. The van der Waals surface area contributed by atoms with Gasteiger partial charge in [0, 0.05) is 12.6 Å². The molecule has 1 aromatic carbocycles. The minimum Gasteiger partial charge on any atom is -0.478 e. The van der Waals surface area contributed by atoms with E-state index in [9.17, 15) is 32.7 Å². The summed E-state index contributed by atoms with van der Waals surface area (Å²) in [5, 5.41) is 9.45. The average molecular weight is 433 g/mol. The summed E-state index contributed by atoms with van der Waals surface area (Å²) in [6.45, 7) is 1.60. The van der Waals surface area contributed by atoms with Crippen LogP contribution in [0.15, 0.2) is 18.2 Å². The second-order valence-electron chi connectivity index (χ2n) is 7.76. The molecule has 1 amide bonds. The lowest BCUT2D eigenvalue weighted by molar-refractivity contribution is -0.179. The zero-order valence-corrected chi connectivity index (χ0v) is 16.6. The van der Waals surface area contributed by atoms with Crippen LogP contribution < -0.4 is 9.64 Å². The number of morpholine rings is 1. The van der Waals surface area contributed by atoms with Gasteiger partial charge in [0.2, 0.25) is 6.10 Å². The number of carbonyl (C=O) groups is 3. The van der Waals surface area contributed by atoms with Gasteiger partial charge < -0.3 is 24.2 Å². The number of carboxylic acid groups (broad SMARTS) is 1. The maximum atomic E-state index is 13.7. The molecule has 0 saturated carbocycles. The van der Waals surface area contributed by atoms with E-state index in [-0.39, 0.29) is 25.3 Å². The molecular formula is C19H22F3NO7. The zero-order chi connectivity index (χ0) is 22.6. The van der Waals surface area contributed by atoms with Gasteiger partial charge in [-0.3, -0.25) is 9.59 Å². The van der Waals surface area contributed by atoms with Gasteiger partial charge in [-0.15, -0.1) is 0 Å². The standard InChI is InChI=1S/C19H22F3NO7/c1-19(2,3)9-13(24)30-15(17(26)27)14-16(25)23(6-7-28-14)11-8-10(20)4-5-12(11)29-18(21)22/h4-5,8,14-15,18H,6-7,9H2,1-3H3,(H,26,27)/t14-,15-/m1/s1. The average Bonchev–Trinajstić information content (AvgIpc) is 2.60. The Morgan fingerprint density at radius 1 is 1.33 bits per heavy atom. The Morgan fingerprint density at radius 2 is 2.00 bits per heavy atom. The van der Waals surface area contributed by atoms with E-state index in [4.69, 9.17) is 9.47 Å². The molecule has 2 rings (SSSR count). The maximum Gasteiger partial charge on any atom is 0.387 e. The van der Waals surface area contributed by atoms with Crippen molar-refractivity contribution in [1.29, 1.82) is 0 Å². The number of nitrogens with zero attached hydrogens (tertiary/aromatic N) is 1. The van der Waals surface area contributed by atoms with Gasteiger partial charge in [0.1, 0.15) is 11.6 Å². The van der Waals surface area contributed by atoms with E-state index >= 15 is 0 Å². The first-order valence-corrected chi connectivity index (χ1v) is 8.98. The molecule has 30 heavy (non-hydrogen) atoms. The van der Waals surface area contributed by atoms with Crippen LogP contribution in [-0.2, 0) is 23.9 Å². The topological polar surface area (TPSA) is 102 Å². The van der Waals surface area contributed by atoms with E-state index in [1.807, 2.05) is 0 Å². The van der Waals surface area contributed by atoms with E-state index in [1.165, 1.54) is 0 Å². The Kier molecular flexibility index (Phi) is 7.30. The number of anilines is 1. The third-order valence-corrected chi connectivity index (χ3v) is 4.00. The summed E-state index contributed by atoms with van der Waals surface area (Å²) in [6, 6.07) is 2.60. The lowest BCUT2D eigenvalue weighted by Crippen LogP contribution is -2.56. The summed E-state index contributed by atoms with van der Waals surface area (Å²) in [4.78, 5) is 37.5. The molecule has 8 nitrogen and oxygen atoms in total. The van der Waals surface area contributed by atoms with E-state index in [0.717, 1.165) is 23.1 Å². The third kappa shape index (κ3) is 6.09. The molecule has 2 atom stereocenters. The molecule has 1 aliphatic heterocycles. The first-order chi connectivity index (χ1) is 13.9. The summed E-state index contributed by atoms with van der Waals surface area (Å²) >= 11 is 0. The minimum absolute atomic E-state index is 0.113. The number of aliphatic carboxylic acids is 1. The Balaban J connectivity index is 2.30. The van der Waals surface area contributed by atoms with Gasteiger partial charge in [0.05, 0.1) is 18.7 Å². The number of ether oxygens (including phenoxy) is 3. The molecule has 1 aliphatic rings. The highest BCUT2D eigenvalue weighted by Crippen LogP contribution is 2.33. The first kappa shape index (κ1) is 23.5. The van der Waals surface area contributed by atoms with Crippen LogP contribution in [0.2, 0.25) is 0 Å². The van der Waals surface area contributed by atoms with Crippen LogP contribution in [0.5, 0.6) is 5.75 Å². The minimum atomic E-state index is -3.23. The summed E-state index contributed by atoms with van der Waals surface area (Å²) in [5.74, 6) is -4.77. The second kappa shape index (κ2) is 9.33. The highest BCUT2D eigenvalue weighted by Gasteiger charge is 2.44. The second-order valence-corrected chi connectivity index (χ2v) is 7.76. The summed E-state index contributed by atoms with van der Waals surface area (Å²) in [6.07, 6.45) is -3.83. The van der Waals surface area contributed by atoms with Gasteiger partial charge in [-0.2, -0.15) is 8.78 Å². The van der Waals surface area contributed by atoms with Crippen molar-refractivity contribution < 1.29 is 46.9 Å². The number of rotatable bonds is 7. The van der Waals surface area contributed by atoms with Crippen molar-refractivity contribution in [3.8, 4) is 5.75 Å². The van der Waals surface area contributed by atoms with Crippen LogP contribution in [0.4, 0.5) is 18.9 Å². The van der Waals surface area contributed by atoms with Crippen molar-refractivity contribution in [1.82, 2.24) is 0 Å². The molecule has 1 fully saturated rings. The monoisotopic (exact) mass is 433 g/mol. The molecule has 166 valence electrons. The zero-order valence-electron chi connectivity index (χ0n) is 16.6. The molecule has 1 N–H and O–H groups in total. The number of esters is 1. The molecule has 0 bridgehead atoms. The highest BCUT2D eigenvalue weighted by molar-refractivity contribution is 6.01. The van der Waals surface area contributed by atoms with Crippen molar-refractivity contribution in [2.24, 2.45) is 5.41 Å². The lowest BCUT2D eigenvalue weighted by atomic mass is 9.92. The quantitative estimate of drug-likeness (QED) is 0.660. The normalized spacial score (nSPS) is 18.3. The van der Waals surface area contributed by atoms with Crippen molar-refractivity contribution in [2.75, 3.05) is 18.1 Å². The SMILES string of the molecule is CC(C)(C)CC(=O)O[C@@H](C(=O)O)[C@H]1OCCN(c2cc(F)ccc2OC(F)F)C1=O. The number of hydrogen-bond donors (Lipinski definition) is 1.